The van der Waals surface area contributed by atoms with Gasteiger partial charge in [0.1, 0.15) is 0 Å². The summed E-state index contributed by atoms with van der Waals surface area (Å²) in [5, 5.41) is 8.17. The van der Waals surface area contributed by atoms with Gasteiger partial charge in [0.25, 0.3) is 0 Å². The molecule has 21 heavy (non-hydrogen) atoms. The molecule has 0 saturated heterocycles. The number of esters is 1. The van der Waals surface area contributed by atoms with Crippen molar-refractivity contribution in [3.63, 3.8) is 0 Å². The molecule has 0 aromatic rings. The van der Waals surface area contributed by atoms with E-state index in [-0.39, 0.29) is 12.0 Å². The molecule has 1 fully saturated rings. The molecule has 1 rings (SSSR count). The summed E-state index contributed by atoms with van der Waals surface area (Å²) in [4.78, 5) is 11.7. The zero-order valence-corrected chi connectivity index (χ0v) is 13.9. The van der Waals surface area contributed by atoms with Crippen LogP contribution in [0.5, 0.6) is 0 Å². The number of aliphatic hydroxyl groups excluding tert-OH is 1. The molecule has 2 N–H and O–H groups in total. The zero-order chi connectivity index (χ0) is 16.1. The Bertz CT molecular complexity index is 446. The quantitative estimate of drug-likeness (QED) is 0.652. The lowest BCUT2D eigenvalue weighted by Gasteiger charge is -2.26. The number of ether oxygens (including phenoxy) is 1. The minimum Gasteiger partial charge on any atom is -0.469 e. The van der Waals surface area contributed by atoms with Crippen molar-refractivity contribution in [2.75, 3.05) is 20.3 Å². The molecule has 1 aliphatic rings. The first-order valence-electron chi connectivity index (χ1n) is 7.41. The maximum absolute atomic E-state index is 12.4. The predicted molar refractivity (Wildman–Crippen MR) is 80.2 cm³/mol. The highest BCUT2D eigenvalue weighted by atomic mass is 32.2. The Morgan fingerprint density at radius 1 is 1.38 bits per heavy atom. The molecule has 0 aliphatic heterocycles. The molecule has 1 saturated carbocycles. The Kier molecular flexibility index (Phi) is 6.62. The fraction of sp³-hybridized carbons (Fsp3) is 0.929. The van der Waals surface area contributed by atoms with E-state index in [0.717, 1.165) is 12.8 Å². The van der Waals surface area contributed by atoms with Crippen molar-refractivity contribution in [2.24, 2.45) is 11.3 Å². The van der Waals surface area contributed by atoms with Crippen molar-refractivity contribution in [1.82, 2.24) is 4.72 Å². The third-order valence-electron chi connectivity index (χ3n) is 4.12. The fourth-order valence-corrected chi connectivity index (χ4v) is 4.73. The van der Waals surface area contributed by atoms with Gasteiger partial charge in [-0.15, -0.1) is 0 Å². The fourth-order valence-electron chi connectivity index (χ4n) is 2.77. The highest BCUT2D eigenvalue weighted by molar-refractivity contribution is 7.90. The summed E-state index contributed by atoms with van der Waals surface area (Å²) in [7, 11) is -2.25. The van der Waals surface area contributed by atoms with Gasteiger partial charge in [-0.3, -0.25) is 4.79 Å². The molecule has 0 spiro atoms. The highest BCUT2D eigenvalue weighted by Gasteiger charge is 2.42. The van der Waals surface area contributed by atoms with Crippen molar-refractivity contribution in [3.8, 4) is 0 Å². The average molecular weight is 321 g/mol. The number of nitrogens with one attached hydrogen (secondary N) is 1. The van der Waals surface area contributed by atoms with E-state index in [1.807, 2.05) is 13.8 Å². The molecule has 6 nitrogen and oxygen atoms in total. The van der Waals surface area contributed by atoms with Crippen LogP contribution in [0.25, 0.3) is 0 Å². The van der Waals surface area contributed by atoms with E-state index in [9.17, 15) is 13.2 Å². The molecular weight excluding hydrogens is 294 g/mol. The number of methoxy groups -OCH3 is 1. The Balaban J connectivity index is 2.66. The van der Waals surface area contributed by atoms with Gasteiger partial charge in [-0.1, -0.05) is 20.3 Å². The van der Waals surface area contributed by atoms with Crippen LogP contribution in [-0.2, 0) is 19.6 Å². The van der Waals surface area contributed by atoms with Gasteiger partial charge in [0.15, 0.2) is 0 Å². The largest absolute Gasteiger partial charge is 0.469 e. The normalized spacial score (nSPS) is 23.2. The van der Waals surface area contributed by atoms with Crippen LogP contribution in [0, 0.1) is 11.3 Å². The second-order valence-corrected chi connectivity index (χ2v) is 8.44. The minimum atomic E-state index is -3.54. The van der Waals surface area contributed by atoms with E-state index < -0.39 is 27.2 Å². The minimum absolute atomic E-state index is 0.100. The van der Waals surface area contributed by atoms with Gasteiger partial charge in [0.2, 0.25) is 10.0 Å². The smallest absolute Gasteiger partial charge is 0.310 e. The molecule has 0 radical (unpaired) electrons. The molecule has 124 valence electrons. The monoisotopic (exact) mass is 321 g/mol. The molecule has 1 aliphatic carbocycles. The zero-order valence-electron chi connectivity index (χ0n) is 13.1. The van der Waals surface area contributed by atoms with E-state index in [0.29, 0.717) is 25.8 Å². The van der Waals surface area contributed by atoms with Gasteiger partial charge >= 0.3 is 5.97 Å². The summed E-state index contributed by atoms with van der Waals surface area (Å²) in [6, 6.07) is 0. The maximum Gasteiger partial charge on any atom is 0.310 e. The van der Waals surface area contributed by atoms with Crippen molar-refractivity contribution in [1.29, 1.82) is 0 Å². The number of hydrogen-bond acceptors (Lipinski definition) is 5. The van der Waals surface area contributed by atoms with Crippen LogP contribution in [-0.4, -0.2) is 45.0 Å². The Labute approximate surface area is 127 Å². The first-order chi connectivity index (χ1) is 9.73. The summed E-state index contributed by atoms with van der Waals surface area (Å²) >= 11 is 0. The first kappa shape index (κ1) is 18.4. The predicted octanol–water partition coefficient (Wildman–Crippen LogP) is 1.05. The number of sulfonamides is 1. The summed E-state index contributed by atoms with van der Waals surface area (Å²) in [5.74, 6) is -1.00. The molecule has 7 heteroatoms. The number of rotatable bonds is 8. The van der Waals surface area contributed by atoms with E-state index in [1.165, 1.54) is 7.11 Å². The van der Waals surface area contributed by atoms with Crippen molar-refractivity contribution in [3.05, 3.63) is 0 Å². The van der Waals surface area contributed by atoms with Gasteiger partial charge in [-0.25, -0.2) is 13.1 Å². The van der Waals surface area contributed by atoms with Crippen LogP contribution >= 0.6 is 0 Å². The SMILES string of the molecule is COC(=O)C1CCCC1S(=O)(=O)NCC(C)(C)CCCO. The number of aliphatic hydroxyl groups is 1. The van der Waals surface area contributed by atoms with Crippen LogP contribution in [0.15, 0.2) is 0 Å². The van der Waals surface area contributed by atoms with Crippen molar-refractivity contribution >= 4 is 16.0 Å². The molecule has 0 amide bonds. The van der Waals surface area contributed by atoms with Gasteiger partial charge in [-0.05, 0) is 31.1 Å². The van der Waals surface area contributed by atoms with Crippen LogP contribution in [0.1, 0.15) is 46.0 Å². The third kappa shape index (κ3) is 5.23. The second-order valence-electron chi connectivity index (χ2n) is 6.46. The average Bonchev–Trinajstić information content (AvgIpc) is 2.93. The Morgan fingerprint density at radius 2 is 2.05 bits per heavy atom. The molecule has 0 aromatic heterocycles. The van der Waals surface area contributed by atoms with Crippen molar-refractivity contribution in [2.45, 2.75) is 51.2 Å². The van der Waals surface area contributed by atoms with Gasteiger partial charge in [0, 0.05) is 13.2 Å². The third-order valence-corrected chi connectivity index (χ3v) is 6.03. The number of carbonyl (C=O) groups is 1. The molecule has 0 heterocycles. The van der Waals surface area contributed by atoms with Crippen LogP contribution in [0.4, 0.5) is 0 Å². The van der Waals surface area contributed by atoms with E-state index in [4.69, 9.17) is 9.84 Å². The lowest BCUT2D eigenvalue weighted by atomic mass is 9.88. The summed E-state index contributed by atoms with van der Waals surface area (Å²) in [5.41, 5.74) is -0.227. The summed E-state index contributed by atoms with van der Waals surface area (Å²) in [6.07, 6.45) is 3.15. The molecule has 2 atom stereocenters. The van der Waals surface area contributed by atoms with Gasteiger partial charge in [0.05, 0.1) is 18.3 Å². The number of hydrogen-bond donors (Lipinski definition) is 2. The van der Waals surface area contributed by atoms with Gasteiger partial charge < -0.3 is 9.84 Å². The molecule has 0 bridgehead atoms. The van der Waals surface area contributed by atoms with Crippen LogP contribution in [0.2, 0.25) is 0 Å². The number of carbonyl (C=O) groups excluding carboxylic acids is 1. The van der Waals surface area contributed by atoms with Crippen molar-refractivity contribution < 1.29 is 23.1 Å². The van der Waals surface area contributed by atoms with Crippen LogP contribution < -0.4 is 4.72 Å². The van der Waals surface area contributed by atoms with E-state index >= 15 is 0 Å². The first-order valence-corrected chi connectivity index (χ1v) is 8.95. The summed E-state index contributed by atoms with van der Waals surface area (Å²) in [6.45, 7) is 4.32. The lowest BCUT2D eigenvalue weighted by molar-refractivity contribution is -0.145. The molecule has 0 aromatic carbocycles. The van der Waals surface area contributed by atoms with Gasteiger partial charge in [-0.2, -0.15) is 0 Å². The molecular formula is C14H27NO5S. The highest BCUT2D eigenvalue weighted by Crippen LogP contribution is 2.32. The Hall–Kier alpha value is -0.660. The lowest BCUT2D eigenvalue weighted by Crippen LogP contribution is -2.43. The Morgan fingerprint density at radius 3 is 2.62 bits per heavy atom. The van der Waals surface area contributed by atoms with Crippen LogP contribution in [0.3, 0.4) is 0 Å². The topological polar surface area (TPSA) is 92.7 Å². The maximum atomic E-state index is 12.4. The standard InChI is InChI=1S/C14H27NO5S/c1-14(2,8-5-9-16)10-15-21(18,19)12-7-4-6-11(12)13(17)20-3/h11-12,15-16H,4-10H2,1-3H3. The van der Waals surface area contributed by atoms with E-state index in [1.54, 1.807) is 0 Å². The van der Waals surface area contributed by atoms with E-state index in [2.05, 4.69) is 4.72 Å². The second kappa shape index (κ2) is 7.56. The molecule has 2 unspecified atom stereocenters. The summed E-state index contributed by atoms with van der Waals surface area (Å²) < 4.78 is 32.2.